The molecule has 0 aromatic carbocycles. The molecule has 6 heteroatoms. The van der Waals surface area contributed by atoms with Crippen LogP contribution in [0, 0.1) is 5.95 Å². The number of rotatable bonds is 6. The van der Waals surface area contributed by atoms with E-state index in [-0.39, 0.29) is 17.9 Å². The molecule has 1 N–H and O–H groups in total. The van der Waals surface area contributed by atoms with E-state index in [0.29, 0.717) is 19.6 Å². The molecular weight excluding hydrogens is 261 g/mol. The maximum Gasteiger partial charge on any atom is 0.234 e. The van der Waals surface area contributed by atoms with Gasteiger partial charge in [0.1, 0.15) is 6.10 Å². The van der Waals surface area contributed by atoms with Crippen LogP contribution < -0.4 is 10.1 Å². The molecule has 1 atom stereocenters. The molecule has 1 aromatic rings. The molecule has 2 rings (SSSR count). The third-order valence-corrected chi connectivity index (χ3v) is 3.02. The summed E-state index contributed by atoms with van der Waals surface area (Å²) in [6.07, 6.45) is 2.38. The van der Waals surface area contributed by atoms with Crippen molar-refractivity contribution >= 4 is 5.91 Å². The fraction of sp³-hybridized carbons (Fsp3) is 0.429. The van der Waals surface area contributed by atoms with Gasteiger partial charge in [-0.05, 0) is 12.5 Å². The predicted molar refractivity (Wildman–Crippen MR) is 72.9 cm³/mol. The second kappa shape index (κ2) is 7.00. The van der Waals surface area contributed by atoms with Gasteiger partial charge in [0.15, 0.2) is 0 Å². The molecule has 0 spiro atoms. The highest BCUT2D eigenvalue weighted by atomic mass is 19.1. The molecule has 108 valence electrons. The van der Waals surface area contributed by atoms with Crippen LogP contribution >= 0.6 is 0 Å². The summed E-state index contributed by atoms with van der Waals surface area (Å²) in [6, 6.07) is 4.47. The first-order valence-corrected chi connectivity index (χ1v) is 6.56. The minimum atomic E-state index is -0.554. The highest BCUT2D eigenvalue weighted by molar-refractivity contribution is 5.78. The van der Waals surface area contributed by atoms with E-state index in [1.165, 1.54) is 6.07 Å². The number of hydrogen-bond donors (Lipinski definition) is 1. The number of carbonyl (C=O) groups excluding carboxylic acids is 1. The summed E-state index contributed by atoms with van der Waals surface area (Å²) in [7, 11) is 0. The van der Waals surface area contributed by atoms with Gasteiger partial charge in [-0.15, -0.1) is 6.58 Å². The van der Waals surface area contributed by atoms with Gasteiger partial charge < -0.3 is 10.1 Å². The molecule has 1 unspecified atom stereocenters. The Labute approximate surface area is 117 Å². The smallest absolute Gasteiger partial charge is 0.234 e. The molecule has 1 saturated heterocycles. The summed E-state index contributed by atoms with van der Waals surface area (Å²) >= 11 is 0. The van der Waals surface area contributed by atoms with Crippen LogP contribution in [0.5, 0.6) is 5.88 Å². The van der Waals surface area contributed by atoms with Crippen LogP contribution in [-0.4, -0.2) is 48.1 Å². The number of halogens is 1. The molecule has 0 radical (unpaired) electrons. The summed E-state index contributed by atoms with van der Waals surface area (Å²) < 4.78 is 18.6. The van der Waals surface area contributed by atoms with Gasteiger partial charge in [-0.2, -0.15) is 9.37 Å². The Morgan fingerprint density at radius 3 is 3.25 bits per heavy atom. The molecule has 20 heavy (non-hydrogen) atoms. The summed E-state index contributed by atoms with van der Waals surface area (Å²) in [4.78, 5) is 17.2. The van der Waals surface area contributed by atoms with Gasteiger partial charge in [0.2, 0.25) is 17.7 Å². The lowest BCUT2D eigenvalue weighted by Gasteiger charge is -2.16. The van der Waals surface area contributed by atoms with E-state index in [1.54, 1.807) is 18.2 Å². The zero-order chi connectivity index (χ0) is 14.4. The number of ether oxygens (including phenoxy) is 1. The van der Waals surface area contributed by atoms with Gasteiger partial charge >= 0.3 is 0 Å². The van der Waals surface area contributed by atoms with E-state index in [9.17, 15) is 9.18 Å². The Bertz CT molecular complexity index is 481. The first-order chi connectivity index (χ1) is 9.67. The van der Waals surface area contributed by atoms with Crippen LogP contribution in [0.15, 0.2) is 30.9 Å². The van der Waals surface area contributed by atoms with Crippen LogP contribution in [0.3, 0.4) is 0 Å². The number of amides is 1. The normalized spacial score (nSPS) is 18.8. The third kappa shape index (κ3) is 4.31. The van der Waals surface area contributed by atoms with Gasteiger partial charge in [0.05, 0.1) is 6.54 Å². The van der Waals surface area contributed by atoms with E-state index in [4.69, 9.17) is 4.74 Å². The van der Waals surface area contributed by atoms with E-state index >= 15 is 0 Å². The highest BCUT2D eigenvalue weighted by Crippen LogP contribution is 2.16. The van der Waals surface area contributed by atoms with Crippen molar-refractivity contribution < 1.29 is 13.9 Å². The Morgan fingerprint density at radius 1 is 1.65 bits per heavy atom. The van der Waals surface area contributed by atoms with E-state index in [0.717, 1.165) is 13.0 Å². The molecule has 1 aliphatic rings. The Kier molecular flexibility index (Phi) is 5.06. The fourth-order valence-electron chi connectivity index (χ4n) is 2.11. The lowest BCUT2D eigenvalue weighted by molar-refractivity contribution is -0.121. The molecular formula is C14H18FN3O2. The minimum absolute atomic E-state index is 0.0329. The molecule has 0 aliphatic carbocycles. The van der Waals surface area contributed by atoms with Crippen molar-refractivity contribution in [2.75, 3.05) is 26.2 Å². The van der Waals surface area contributed by atoms with Gasteiger partial charge in [0.25, 0.3) is 0 Å². The molecule has 1 fully saturated rings. The maximum atomic E-state index is 12.9. The van der Waals surface area contributed by atoms with Crippen LogP contribution in [0.25, 0.3) is 0 Å². The molecule has 1 aliphatic heterocycles. The summed E-state index contributed by atoms with van der Waals surface area (Å²) in [5.41, 5.74) is 0. The second-order valence-electron chi connectivity index (χ2n) is 4.65. The van der Waals surface area contributed by atoms with Crippen molar-refractivity contribution in [2.45, 2.75) is 12.5 Å². The number of carbonyl (C=O) groups is 1. The van der Waals surface area contributed by atoms with E-state index < -0.39 is 5.95 Å². The standard InChI is InChI=1S/C14H18FN3O2/c1-2-7-16-13(19)10-18-8-6-11(9-18)20-14-5-3-4-12(15)17-14/h2-5,11H,1,6-10H2,(H,16,19). The minimum Gasteiger partial charge on any atom is -0.473 e. The first-order valence-electron chi connectivity index (χ1n) is 6.56. The number of likely N-dealkylation sites (tertiary alicyclic amines) is 1. The average molecular weight is 279 g/mol. The van der Waals surface area contributed by atoms with Crippen molar-refractivity contribution in [3.63, 3.8) is 0 Å². The number of nitrogens with zero attached hydrogens (tertiary/aromatic N) is 2. The van der Waals surface area contributed by atoms with Crippen molar-refractivity contribution in [2.24, 2.45) is 0 Å². The Hall–Kier alpha value is -1.95. The van der Waals surface area contributed by atoms with E-state index in [1.807, 2.05) is 4.90 Å². The molecule has 5 nitrogen and oxygen atoms in total. The van der Waals surface area contributed by atoms with Crippen LogP contribution in [0.1, 0.15) is 6.42 Å². The molecule has 2 heterocycles. The summed E-state index contributed by atoms with van der Waals surface area (Å²) in [5, 5.41) is 2.73. The van der Waals surface area contributed by atoms with Gasteiger partial charge in [-0.3, -0.25) is 9.69 Å². The zero-order valence-electron chi connectivity index (χ0n) is 11.2. The Balaban J connectivity index is 1.77. The lowest BCUT2D eigenvalue weighted by atomic mass is 10.3. The topological polar surface area (TPSA) is 54.5 Å². The molecule has 0 bridgehead atoms. The van der Waals surface area contributed by atoms with Crippen molar-refractivity contribution in [3.05, 3.63) is 36.8 Å². The predicted octanol–water partition coefficient (Wildman–Crippen LogP) is 0.976. The number of aromatic nitrogens is 1. The zero-order valence-corrected chi connectivity index (χ0v) is 11.2. The van der Waals surface area contributed by atoms with Crippen molar-refractivity contribution in [1.82, 2.24) is 15.2 Å². The van der Waals surface area contributed by atoms with Crippen molar-refractivity contribution in [3.8, 4) is 5.88 Å². The number of pyridine rings is 1. The third-order valence-electron chi connectivity index (χ3n) is 3.02. The first kappa shape index (κ1) is 14.5. The molecule has 1 aromatic heterocycles. The SMILES string of the molecule is C=CCNC(=O)CN1CCC(Oc2cccc(F)n2)C1. The fourth-order valence-corrected chi connectivity index (χ4v) is 2.11. The largest absolute Gasteiger partial charge is 0.473 e. The maximum absolute atomic E-state index is 12.9. The van der Waals surface area contributed by atoms with Gasteiger partial charge in [-0.25, -0.2) is 0 Å². The van der Waals surface area contributed by atoms with Gasteiger partial charge in [-0.1, -0.05) is 12.1 Å². The van der Waals surface area contributed by atoms with Crippen LogP contribution in [0.2, 0.25) is 0 Å². The summed E-state index contributed by atoms with van der Waals surface area (Å²) in [5.74, 6) is -0.302. The van der Waals surface area contributed by atoms with E-state index in [2.05, 4.69) is 16.9 Å². The van der Waals surface area contributed by atoms with Crippen LogP contribution in [0.4, 0.5) is 4.39 Å². The highest BCUT2D eigenvalue weighted by Gasteiger charge is 2.25. The Morgan fingerprint density at radius 2 is 2.50 bits per heavy atom. The monoisotopic (exact) mass is 279 g/mol. The summed E-state index contributed by atoms with van der Waals surface area (Å²) in [6.45, 7) is 5.77. The molecule has 0 saturated carbocycles. The van der Waals surface area contributed by atoms with Crippen molar-refractivity contribution in [1.29, 1.82) is 0 Å². The quantitative estimate of drug-likeness (QED) is 0.623. The number of nitrogens with one attached hydrogen (secondary N) is 1. The van der Waals surface area contributed by atoms with Crippen LogP contribution in [-0.2, 0) is 4.79 Å². The average Bonchev–Trinajstić information content (AvgIpc) is 2.83. The number of hydrogen-bond acceptors (Lipinski definition) is 4. The molecule has 1 amide bonds. The lowest BCUT2D eigenvalue weighted by Crippen LogP contribution is -2.36. The second-order valence-corrected chi connectivity index (χ2v) is 4.65. The van der Waals surface area contributed by atoms with Gasteiger partial charge in [0, 0.05) is 25.7 Å².